The lowest BCUT2D eigenvalue weighted by Crippen LogP contribution is -2.20. The molecule has 2 unspecified atom stereocenters. The number of sulfone groups is 1. The molecule has 0 radical (unpaired) electrons. The predicted octanol–water partition coefficient (Wildman–Crippen LogP) is 1.81. The number of ether oxygens (including phenoxy) is 1. The Hall–Kier alpha value is -0.630. The van der Waals surface area contributed by atoms with Gasteiger partial charge in [0.25, 0.3) is 0 Å². The molecular weight excluding hydrogens is 356 g/mol. The van der Waals surface area contributed by atoms with Crippen LogP contribution < -0.4 is 10.5 Å². The average Bonchev–Trinajstić information content (AvgIpc) is 2.78. The zero-order valence-electron chi connectivity index (χ0n) is 12.5. The topological polar surface area (TPSA) is 72.6 Å². The van der Waals surface area contributed by atoms with E-state index < -0.39 is 9.84 Å². The number of nitrogens with zero attached hydrogens (tertiary/aromatic N) is 1. The summed E-state index contributed by atoms with van der Waals surface area (Å²) in [5.74, 6) is 0.805. The highest BCUT2D eigenvalue weighted by molar-refractivity contribution is 9.10. The summed E-state index contributed by atoms with van der Waals surface area (Å²) in [6, 6.07) is 3.84. The first-order chi connectivity index (χ1) is 9.77. The van der Waals surface area contributed by atoms with Gasteiger partial charge in [-0.2, -0.15) is 0 Å². The van der Waals surface area contributed by atoms with Crippen molar-refractivity contribution in [2.45, 2.75) is 17.4 Å². The number of halogens is 1. The maximum atomic E-state index is 12.0. The molecule has 1 aliphatic heterocycles. The zero-order chi connectivity index (χ0) is 15.8. The molecule has 2 rings (SSSR count). The van der Waals surface area contributed by atoms with Crippen LogP contribution in [0.5, 0.6) is 5.75 Å². The Morgan fingerprint density at radius 3 is 2.62 bits per heavy atom. The van der Waals surface area contributed by atoms with E-state index in [4.69, 9.17) is 10.5 Å². The van der Waals surface area contributed by atoms with Gasteiger partial charge < -0.3 is 10.5 Å². The minimum Gasteiger partial charge on any atom is -0.494 e. The molecule has 1 aromatic carbocycles. The van der Waals surface area contributed by atoms with Gasteiger partial charge in [-0.3, -0.25) is 4.90 Å². The van der Waals surface area contributed by atoms with Gasteiger partial charge in [-0.15, -0.1) is 0 Å². The Bertz CT molecular complexity index is 633. The van der Waals surface area contributed by atoms with Gasteiger partial charge in [-0.05, 0) is 59.6 Å². The molecule has 2 atom stereocenters. The maximum absolute atomic E-state index is 12.0. The highest BCUT2D eigenvalue weighted by atomic mass is 79.9. The molecule has 118 valence electrons. The van der Waals surface area contributed by atoms with E-state index in [0.717, 1.165) is 18.5 Å². The summed E-state index contributed by atoms with van der Waals surface area (Å²) in [6.07, 6.45) is 2.14. The lowest BCUT2D eigenvalue weighted by Gasteiger charge is -2.21. The smallest absolute Gasteiger partial charge is 0.179 e. The van der Waals surface area contributed by atoms with Crippen LogP contribution in [0.3, 0.4) is 0 Å². The molecule has 1 saturated heterocycles. The SMILES string of the molecule is COc1c(Br)cc(C2CC(CN)CN2C)cc1S(C)(=O)=O. The molecule has 0 amide bonds. The van der Waals surface area contributed by atoms with Crippen LogP contribution in [0.1, 0.15) is 18.0 Å². The van der Waals surface area contributed by atoms with Gasteiger partial charge in [-0.1, -0.05) is 0 Å². The van der Waals surface area contributed by atoms with Crippen molar-refractivity contribution in [2.24, 2.45) is 11.7 Å². The molecule has 1 aromatic rings. The quantitative estimate of drug-likeness (QED) is 0.867. The standard InChI is InChI=1S/C14H21BrN2O3S/c1-17-8-9(7-16)4-12(17)10-5-11(15)14(20-2)13(6-10)21(3,18)19/h5-6,9,12H,4,7-8,16H2,1-3H3. The fourth-order valence-electron chi connectivity index (χ4n) is 2.92. The highest BCUT2D eigenvalue weighted by Crippen LogP contribution is 2.40. The molecule has 1 heterocycles. The predicted molar refractivity (Wildman–Crippen MR) is 86.3 cm³/mol. The van der Waals surface area contributed by atoms with Crippen LogP contribution >= 0.6 is 15.9 Å². The number of benzene rings is 1. The first-order valence-corrected chi connectivity index (χ1v) is 9.44. The van der Waals surface area contributed by atoms with Crippen molar-refractivity contribution in [1.82, 2.24) is 4.90 Å². The van der Waals surface area contributed by atoms with Gasteiger partial charge in [0.05, 0.1) is 11.6 Å². The van der Waals surface area contributed by atoms with Crippen LogP contribution in [0.4, 0.5) is 0 Å². The summed E-state index contributed by atoms with van der Waals surface area (Å²) in [6.45, 7) is 1.58. The van der Waals surface area contributed by atoms with Crippen molar-refractivity contribution >= 4 is 25.8 Å². The third-order valence-electron chi connectivity index (χ3n) is 3.99. The number of hydrogen-bond acceptors (Lipinski definition) is 5. The van der Waals surface area contributed by atoms with Crippen molar-refractivity contribution in [3.05, 3.63) is 22.2 Å². The Balaban J connectivity index is 2.49. The summed E-state index contributed by atoms with van der Waals surface area (Å²) < 4.78 is 29.9. The summed E-state index contributed by atoms with van der Waals surface area (Å²) in [5.41, 5.74) is 6.73. The van der Waals surface area contributed by atoms with Crippen LogP contribution in [-0.4, -0.2) is 46.8 Å². The molecule has 5 nitrogen and oxygen atoms in total. The number of rotatable bonds is 4. The van der Waals surface area contributed by atoms with Crippen molar-refractivity contribution in [1.29, 1.82) is 0 Å². The van der Waals surface area contributed by atoms with Gasteiger partial charge in [0, 0.05) is 18.8 Å². The molecular formula is C14H21BrN2O3S. The van der Waals surface area contributed by atoms with E-state index in [1.54, 1.807) is 6.07 Å². The second-order valence-corrected chi connectivity index (χ2v) is 8.44. The van der Waals surface area contributed by atoms with E-state index in [9.17, 15) is 8.42 Å². The Kier molecular flexibility index (Phi) is 4.97. The first kappa shape index (κ1) is 16.7. The van der Waals surface area contributed by atoms with Crippen LogP contribution in [-0.2, 0) is 9.84 Å². The van der Waals surface area contributed by atoms with Crippen molar-refractivity contribution in [2.75, 3.05) is 33.5 Å². The van der Waals surface area contributed by atoms with Gasteiger partial charge in [0.15, 0.2) is 15.6 Å². The molecule has 0 aliphatic carbocycles. The summed E-state index contributed by atoms with van der Waals surface area (Å²) in [4.78, 5) is 2.44. The van der Waals surface area contributed by atoms with E-state index in [2.05, 4.69) is 20.8 Å². The van der Waals surface area contributed by atoms with Crippen molar-refractivity contribution in [3.63, 3.8) is 0 Å². The van der Waals surface area contributed by atoms with Gasteiger partial charge in [-0.25, -0.2) is 8.42 Å². The maximum Gasteiger partial charge on any atom is 0.179 e. The van der Waals surface area contributed by atoms with E-state index in [1.807, 2.05) is 13.1 Å². The van der Waals surface area contributed by atoms with E-state index in [0.29, 0.717) is 22.7 Å². The normalized spacial score (nSPS) is 23.5. The molecule has 21 heavy (non-hydrogen) atoms. The van der Waals surface area contributed by atoms with Gasteiger partial charge in [0.2, 0.25) is 0 Å². The molecule has 2 N–H and O–H groups in total. The molecule has 0 saturated carbocycles. The zero-order valence-corrected chi connectivity index (χ0v) is 14.9. The van der Waals surface area contributed by atoms with Crippen LogP contribution in [0.2, 0.25) is 0 Å². The van der Waals surface area contributed by atoms with E-state index in [-0.39, 0.29) is 10.9 Å². The Morgan fingerprint density at radius 1 is 1.48 bits per heavy atom. The van der Waals surface area contributed by atoms with Gasteiger partial charge >= 0.3 is 0 Å². The number of hydrogen-bond donors (Lipinski definition) is 1. The first-order valence-electron chi connectivity index (χ1n) is 6.75. The molecule has 1 fully saturated rings. The van der Waals surface area contributed by atoms with E-state index >= 15 is 0 Å². The molecule has 1 aliphatic rings. The largest absolute Gasteiger partial charge is 0.494 e. The highest BCUT2D eigenvalue weighted by Gasteiger charge is 2.31. The fraction of sp³-hybridized carbons (Fsp3) is 0.571. The van der Waals surface area contributed by atoms with Crippen molar-refractivity contribution < 1.29 is 13.2 Å². The number of likely N-dealkylation sites (tertiary alicyclic amines) is 1. The molecule has 7 heteroatoms. The fourth-order valence-corrected chi connectivity index (χ4v) is 4.57. The summed E-state index contributed by atoms with van der Waals surface area (Å²) in [7, 11) is 0.158. The minimum absolute atomic E-state index is 0.182. The monoisotopic (exact) mass is 376 g/mol. The third kappa shape index (κ3) is 3.41. The average molecular weight is 377 g/mol. The number of nitrogens with two attached hydrogens (primary N) is 1. The van der Waals surface area contributed by atoms with Crippen LogP contribution in [0.25, 0.3) is 0 Å². The summed E-state index contributed by atoms with van der Waals surface area (Å²) in [5, 5.41) is 0. The van der Waals surface area contributed by atoms with Gasteiger partial charge in [0.1, 0.15) is 4.90 Å². The van der Waals surface area contributed by atoms with Crippen LogP contribution in [0.15, 0.2) is 21.5 Å². The Morgan fingerprint density at radius 2 is 2.14 bits per heavy atom. The second kappa shape index (κ2) is 6.24. The van der Waals surface area contributed by atoms with Crippen molar-refractivity contribution in [3.8, 4) is 5.75 Å². The lowest BCUT2D eigenvalue weighted by atomic mass is 10.00. The minimum atomic E-state index is -3.35. The molecule has 0 spiro atoms. The summed E-state index contributed by atoms with van der Waals surface area (Å²) >= 11 is 3.42. The second-order valence-electron chi connectivity index (χ2n) is 5.60. The Labute approximate surface area is 134 Å². The third-order valence-corrected chi connectivity index (χ3v) is 5.68. The number of methoxy groups -OCH3 is 1. The molecule has 0 aromatic heterocycles. The van der Waals surface area contributed by atoms with Crippen LogP contribution in [0, 0.1) is 5.92 Å². The van der Waals surface area contributed by atoms with E-state index in [1.165, 1.54) is 13.4 Å². The lowest BCUT2D eigenvalue weighted by molar-refractivity contribution is 0.312. The molecule has 0 bridgehead atoms.